The van der Waals surface area contributed by atoms with Crippen molar-refractivity contribution in [1.29, 1.82) is 0 Å². The summed E-state index contributed by atoms with van der Waals surface area (Å²) in [5.74, 6) is 0.515. The van der Waals surface area contributed by atoms with Crippen LogP contribution in [-0.2, 0) is 27.3 Å². The van der Waals surface area contributed by atoms with Crippen LogP contribution in [0.4, 0.5) is 0 Å². The summed E-state index contributed by atoms with van der Waals surface area (Å²) in [6.07, 6.45) is 5.06. The summed E-state index contributed by atoms with van der Waals surface area (Å²) in [6.45, 7) is 6.66. The number of carbonyl (C=O) groups is 2. The van der Waals surface area contributed by atoms with Crippen LogP contribution in [0.2, 0.25) is 0 Å². The highest BCUT2D eigenvalue weighted by Gasteiger charge is 2.18. The van der Waals surface area contributed by atoms with Crippen molar-refractivity contribution in [3.05, 3.63) is 47.7 Å². The number of hydrogen-bond donors (Lipinski definition) is 2. The highest BCUT2D eigenvalue weighted by molar-refractivity contribution is 5.78. The maximum Gasteiger partial charge on any atom is 0.333 e. The fraction of sp³-hybridized carbons (Fsp3) is 0.520. The van der Waals surface area contributed by atoms with E-state index >= 15 is 0 Å². The van der Waals surface area contributed by atoms with E-state index in [1.165, 1.54) is 19.3 Å². The molecule has 0 bridgehead atoms. The van der Waals surface area contributed by atoms with E-state index in [-0.39, 0.29) is 11.8 Å². The van der Waals surface area contributed by atoms with E-state index in [9.17, 15) is 14.7 Å². The average molecular weight is 430 g/mol. The van der Waals surface area contributed by atoms with Crippen molar-refractivity contribution >= 4 is 11.9 Å². The minimum atomic E-state index is -0.959. The van der Waals surface area contributed by atoms with Crippen LogP contribution < -0.4 is 5.32 Å². The third kappa shape index (κ3) is 8.21. The molecule has 0 fully saturated rings. The molecule has 2 N–H and O–H groups in total. The summed E-state index contributed by atoms with van der Waals surface area (Å²) in [5.41, 5.74) is 1.78. The lowest BCUT2D eigenvalue weighted by atomic mass is 10.0. The van der Waals surface area contributed by atoms with Gasteiger partial charge in [0.25, 0.3) is 0 Å². The van der Waals surface area contributed by atoms with Gasteiger partial charge in [-0.1, -0.05) is 63.8 Å². The Kier molecular flexibility index (Phi) is 10.3. The molecule has 2 unspecified atom stereocenters. The Labute approximate surface area is 185 Å². The van der Waals surface area contributed by atoms with E-state index in [1.54, 1.807) is 6.92 Å². The number of hydrogen-bond acceptors (Lipinski definition) is 4. The first-order chi connectivity index (χ1) is 14.9. The normalized spacial score (nSPS) is 13.0. The van der Waals surface area contributed by atoms with E-state index in [1.807, 2.05) is 43.3 Å². The summed E-state index contributed by atoms with van der Waals surface area (Å²) in [6, 6.07) is 11.3. The Morgan fingerprint density at radius 1 is 1.06 bits per heavy atom. The Morgan fingerprint density at radius 2 is 1.81 bits per heavy atom. The number of nitrogens with one attached hydrogen (secondary N) is 1. The number of carbonyl (C=O) groups excluding carboxylic acids is 1. The van der Waals surface area contributed by atoms with Crippen LogP contribution >= 0.6 is 0 Å². The van der Waals surface area contributed by atoms with E-state index in [0.717, 1.165) is 24.0 Å². The Hall–Kier alpha value is -2.60. The van der Waals surface area contributed by atoms with Crippen LogP contribution in [0.1, 0.15) is 64.2 Å². The van der Waals surface area contributed by atoms with Gasteiger partial charge >= 0.3 is 5.97 Å². The number of carboxylic acid groups (broad SMARTS) is 1. The highest BCUT2D eigenvalue weighted by atomic mass is 16.5. The van der Waals surface area contributed by atoms with Gasteiger partial charge in [-0.05, 0) is 31.0 Å². The molecule has 2 aromatic rings. The van der Waals surface area contributed by atoms with Gasteiger partial charge in [0.1, 0.15) is 11.5 Å². The van der Waals surface area contributed by atoms with E-state index < -0.39 is 12.1 Å². The molecule has 0 aliphatic heterocycles. The van der Waals surface area contributed by atoms with Crippen molar-refractivity contribution in [2.24, 2.45) is 5.92 Å². The van der Waals surface area contributed by atoms with Gasteiger partial charge in [0, 0.05) is 24.5 Å². The third-order valence-electron chi connectivity index (χ3n) is 5.34. The van der Waals surface area contributed by atoms with Gasteiger partial charge in [0.2, 0.25) is 5.91 Å². The first-order valence-electron chi connectivity index (χ1n) is 11.2. The molecule has 1 aromatic carbocycles. The summed E-state index contributed by atoms with van der Waals surface area (Å²) < 4.78 is 11.1. The van der Waals surface area contributed by atoms with Crippen molar-refractivity contribution in [3.8, 4) is 11.3 Å². The molecule has 170 valence electrons. The second kappa shape index (κ2) is 13.0. The molecule has 0 aliphatic carbocycles. The van der Waals surface area contributed by atoms with Gasteiger partial charge in [-0.2, -0.15) is 0 Å². The molecular formula is C25H35NO5. The number of aliphatic carboxylic acids is 1. The van der Waals surface area contributed by atoms with Crippen LogP contribution in [-0.4, -0.2) is 29.7 Å². The van der Waals surface area contributed by atoms with Crippen molar-refractivity contribution in [2.75, 3.05) is 6.61 Å². The zero-order chi connectivity index (χ0) is 22.6. The molecule has 0 saturated heterocycles. The van der Waals surface area contributed by atoms with Crippen molar-refractivity contribution in [3.63, 3.8) is 0 Å². The monoisotopic (exact) mass is 429 g/mol. The first kappa shape index (κ1) is 24.7. The molecule has 1 aromatic heterocycles. The van der Waals surface area contributed by atoms with Gasteiger partial charge < -0.3 is 19.6 Å². The van der Waals surface area contributed by atoms with Crippen LogP contribution in [0, 0.1) is 5.92 Å². The summed E-state index contributed by atoms with van der Waals surface area (Å²) in [7, 11) is 0. The van der Waals surface area contributed by atoms with Crippen LogP contribution in [0.5, 0.6) is 0 Å². The number of rotatable bonds is 14. The largest absolute Gasteiger partial charge is 0.479 e. The van der Waals surface area contributed by atoms with E-state index in [4.69, 9.17) is 9.15 Å². The Balaban J connectivity index is 1.86. The molecule has 0 aliphatic rings. The molecule has 0 radical (unpaired) electrons. The Morgan fingerprint density at radius 3 is 2.45 bits per heavy atom. The quantitative estimate of drug-likeness (QED) is 0.403. The maximum absolute atomic E-state index is 12.3. The van der Waals surface area contributed by atoms with Crippen LogP contribution in [0.25, 0.3) is 11.3 Å². The molecule has 2 atom stereocenters. The lowest BCUT2D eigenvalue weighted by Crippen LogP contribution is -2.28. The highest BCUT2D eigenvalue weighted by Crippen LogP contribution is 2.23. The maximum atomic E-state index is 12.3. The standard InChI is InChI=1S/C25H35NO5/c1-4-6-7-8-9-18(3)24(27)26-17-21-14-15-22(31-21)20-12-10-19(11-13-20)16-23(25(28)29)30-5-2/h10-15,18,23H,4-9,16-17H2,1-3H3,(H,26,27)(H,28,29). The van der Waals surface area contributed by atoms with Crippen molar-refractivity contribution < 1.29 is 23.8 Å². The molecule has 2 rings (SSSR count). The molecular weight excluding hydrogens is 394 g/mol. The van der Waals surface area contributed by atoms with Gasteiger partial charge in [-0.25, -0.2) is 4.79 Å². The predicted octanol–water partition coefficient (Wildman–Crippen LogP) is 5.20. The summed E-state index contributed by atoms with van der Waals surface area (Å²) >= 11 is 0. The molecule has 31 heavy (non-hydrogen) atoms. The lowest BCUT2D eigenvalue weighted by Gasteiger charge is -2.12. The smallest absolute Gasteiger partial charge is 0.333 e. The Bertz CT molecular complexity index is 812. The second-order valence-corrected chi connectivity index (χ2v) is 7.92. The number of carboxylic acids is 1. The number of benzene rings is 1. The van der Waals surface area contributed by atoms with Crippen LogP contribution in [0.3, 0.4) is 0 Å². The van der Waals surface area contributed by atoms with Gasteiger partial charge in [0.05, 0.1) is 6.54 Å². The van der Waals surface area contributed by atoms with Crippen molar-refractivity contribution in [1.82, 2.24) is 5.32 Å². The van der Waals surface area contributed by atoms with Crippen molar-refractivity contribution in [2.45, 2.75) is 71.9 Å². The fourth-order valence-corrected chi connectivity index (χ4v) is 3.42. The molecule has 0 saturated carbocycles. The average Bonchev–Trinajstić information content (AvgIpc) is 3.24. The summed E-state index contributed by atoms with van der Waals surface area (Å²) in [4.78, 5) is 23.5. The number of ether oxygens (including phenoxy) is 1. The van der Waals surface area contributed by atoms with Crippen LogP contribution in [0.15, 0.2) is 40.8 Å². The zero-order valence-corrected chi connectivity index (χ0v) is 18.9. The zero-order valence-electron chi connectivity index (χ0n) is 18.9. The topological polar surface area (TPSA) is 88.8 Å². The SMILES string of the molecule is CCCCCCC(C)C(=O)NCc1ccc(-c2ccc(CC(OCC)C(=O)O)cc2)o1. The van der Waals surface area contributed by atoms with Gasteiger partial charge in [-0.3, -0.25) is 4.79 Å². The second-order valence-electron chi connectivity index (χ2n) is 7.92. The molecule has 1 heterocycles. The molecule has 0 spiro atoms. The third-order valence-corrected chi connectivity index (χ3v) is 5.34. The van der Waals surface area contributed by atoms with E-state index in [2.05, 4.69) is 12.2 Å². The summed E-state index contributed by atoms with van der Waals surface area (Å²) in [5, 5.41) is 12.2. The molecule has 6 heteroatoms. The predicted molar refractivity (Wildman–Crippen MR) is 121 cm³/mol. The fourth-order valence-electron chi connectivity index (χ4n) is 3.42. The van der Waals surface area contributed by atoms with Gasteiger partial charge in [-0.15, -0.1) is 0 Å². The number of unbranched alkanes of at least 4 members (excludes halogenated alkanes) is 3. The molecule has 1 amide bonds. The minimum Gasteiger partial charge on any atom is -0.479 e. The van der Waals surface area contributed by atoms with Gasteiger partial charge in [0.15, 0.2) is 6.10 Å². The number of amides is 1. The van der Waals surface area contributed by atoms with E-state index in [0.29, 0.717) is 31.1 Å². The number of furan rings is 1. The first-order valence-corrected chi connectivity index (χ1v) is 11.2. The minimum absolute atomic E-state index is 0.00477. The lowest BCUT2D eigenvalue weighted by molar-refractivity contribution is -0.150. The molecule has 6 nitrogen and oxygen atoms in total.